The van der Waals surface area contributed by atoms with Gasteiger partial charge in [0.15, 0.2) is 0 Å². The van der Waals surface area contributed by atoms with E-state index in [9.17, 15) is 22.8 Å². The largest absolute Gasteiger partial charge is 0.465 e. The molecule has 0 saturated carbocycles. The van der Waals surface area contributed by atoms with Crippen LogP contribution < -0.4 is 5.32 Å². The van der Waals surface area contributed by atoms with Crippen LogP contribution in [0.4, 0.5) is 19.1 Å². The number of esters is 1. The second-order valence-corrected chi connectivity index (χ2v) is 4.44. The fourth-order valence-corrected chi connectivity index (χ4v) is 1.62. The van der Waals surface area contributed by atoms with Crippen LogP contribution in [0.15, 0.2) is 30.3 Å². The lowest BCUT2D eigenvalue weighted by Gasteiger charge is -1.99. The van der Waals surface area contributed by atoms with Gasteiger partial charge in [-0.15, -0.1) is 5.10 Å². The minimum absolute atomic E-state index is 0.347. The first-order chi connectivity index (χ1) is 11.3. The van der Waals surface area contributed by atoms with Crippen LogP contribution in [0.1, 0.15) is 21.7 Å². The van der Waals surface area contributed by atoms with E-state index in [1.165, 1.54) is 25.3 Å². The minimum Gasteiger partial charge on any atom is -0.465 e. The van der Waals surface area contributed by atoms with Crippen molar-refractivity contribution in [2.75, 3.05) is 12.4 Å². The summed E-state index contributed by atoms with van der Waals surface area (Å²) >= 11 is 0. The first-order valence-electron chi connectivity index (χ1n) is 6.46. The van der Waals surface area contributed by atoms with E-state index in [1.54, 1.807) is 17.2 Å². The van der Waals surface area contributed by atoms with E-state index in [1.807, 2.05) is 0 Å². The number of methoxy groups -OCH3 is 1. The Morgan fingerprint density at radius 2 is 1.92 bits per heavy atom. The maximum Gasteiger partial charge on any atom is 0.451 e. The second kappa shape index (κ2) is 6.94. The van der Waals surface area contributed by atoms with Gasteiger partial charge in [-0.05, 0) is 23.8 Å². The molecule has 1 amide bonds. The molecule has 0 aliphatic heterocycles. The summed E-state index contributed by atoms with van der Waals surface area (Å²) in [6.45, 7) is 0. The third-order valence-electron chi connectivity index (χ3n) is 2.75. The van der Waals surface area contributed by atoms with Crippen molar-refractivity contribution in [1.82, 2.24) is 15.2 Å². The lowest BCUT2D eigenvalue weighted by molar-refractivity contribution is -0.144. The fourth-order valence-electron chi connectivity index (χ4n) is 1.62. The Hall–Kier alpha value is -3.17. The molecule has 0 saturated heterocycles. The predicted octanol–water partition coefficient (Wildman–Crippen LogP) is 2.26. The molecule has 7 nitrogen and oxygen atoms in total. The predicted molar refractivity (Wildman–Crippen MR) is 76.8 cm³/mol. The Kier molecular flexibility index (Phi) is 4.97. The number of halogens is 3. The van der Waals surface area contributed by atoms with Crippen molar-refractivity contribution in [3.8, 4) is 0 Å². The van der Waals surface area contributed by atoms with Crippen molar-refractivity contribution >= 4 is 23.9 Å². The number of hydrogen-bond donors (Lipinski definition) is 2. The van der Waals surface area contributed by atoms with Gasteiger partial charge in [0.05, 0.1) is 12.7 Å². The molecule has 0 radical (unpaired) electrons. The molecule has 1 heterocycles. The Bertz CT molecular complexity index is 766. The molecule has 0 bridgehead atoms. The smallest absolute Gasteiger partial charge is 0.451 e. The van der Waals surface area contributed by atoms with E-state index >= 15 is 0 Å². The summed E-state index contributed by atoms with van der Waals surface area (Å²) in [6.07, 6.45) is -2.17. The summed E-state index contributed by atoms with van der Waals surface area (Å²) in [7, 11) is 1.26. The number of ether oxygens (including phenoxy) is 1. The summed E-state index contributed by atoms with van der Waals surface area (Å²) < 4.78 is 41.5. The van der Waals surface area contributed by atoms with Crippen LogP contribution in [0, 0.1) is 0 Å². The monoisotopic (exact) mass is 340 g/mol. The molecule has 0 atom stereocenters. The average molecular weight is 340 g/mol. The zero-order valence-corrected chi connectivity index (χ0v) is 12.2. The van der Waals surface area contributed by atoms with Crippen molar-refractivity contribution in [2.24, 2.45) is 0 Å². The summed E-state index contributed by atoms with van der Waals surface area (Å²) in [6, 6.07) is 6.16. The van der Waals surface area contributed by atoms with Gasteiger partial charge in [0, 0.05) is 6.08 Å². The topological polar surface area (TPSA) is 97.0 Å². The van der Waals surface area contributed by atoms with Crippen LogP contribution in [-0.2, 0) is 15.7 Å². The van der Waals surface area contributed by atoms with Gasteiger partial charge < -0.3 is 4.74 Å². The van der Waals surface area contributed by atoms with Crippen LogP contribution in [0.25, 0.3) is 6.08 Å². The number of benzene rings is 1. The highest BCUT2D eigenvalue weighted by Gasteiger charge is 2.35. The van der Waals surface area contributed by atoms with Gasteiger partial charge >= 0.3 is 12.1 Å². The molecule has 0 spiro atoms. The van der Waals surface area contributed by atoms with Crippen LogP contribution >= 0.6 is 0 Å². The molecule has 0 aliphatic carbocycles. The van der Waals surface area contributed by atoms with Gasteiger partial charge in [-0.1, -0.05) is 12.1 Å². The van der Waals surface area contributed by atoms with Crippen molar-refractivity contribution in [3.63, 3.8) is 0 Å². The van der Waals surface area contributed by atoms with Crippen molar-refractivity contribution in [2.45, 2.75) is 6.18 Å². The van der Waals surface area contributed by atoms with Crippen LogP contribution in [0.3, 0.4) is 0 Å². The highest BCUT2D eigenvalue weighted by molar-refractivity contribution is 6.01. The van der Waals surface area contributed by atoms with Gasteiger partial charge in [0.25, 0.3) is 5.91 Å². The van der Waals surface area contributed by atoms with Crippen molar-refractivity contribution in [1.29, 1.82) is 0 Å². The number of nitrogens with zero attached hydrogens (tertiary/aromatic N) is 2. The second-order valence-electron chi connectivity index (χ2n) is 4.44. The van der Waals surface area contributed by atoms with Crippen molar-refractivity contribution in [3.05, 3.63) is 47.3 Å². The number of rotatable bonds is 4. The first-order valence-corrected chi connectivity index (χ1v) is 6.46. The Morgan fingerprint density at radius 1 is 1.25 bits per heavy atom. The normalized spacial score (nSPS) is 11.5. The number of carbonyl (C=O) groups excluding carboxylic acids is 2. The first kappa shape index (κ1) is 17.2. The summed E-state index contributed by atoms with van der Waals surface area (Å²) in [4.78, 5) is 26.0. The molecule has 24 heavy (non-hydrogen) atoms. The zero-order chi connectivity index (χ0) is 17.7. The SMILES string of the molecule is COC(=O)c1ccc(C=CC(=O)Nc2n[nH]c(C(F)(F)F)n2)cc1. The summed E-state index contributed by atoms with van der Waals surface area (Å²) in [5, 5.41) is 7.01. The van der Waals surface area contributed by atoms with E-state index in [0.29, 0.717) is 11.1 Å². The number of hydrogen-bond acceptors (Lipinski definition) is 5. The molecular formula is C14H11F3N4O3. The number of alkyl halides is 3. The molecule has 2 rings (SSSR count). The lowest BCUT2D eigenvalue weighted by atomic mass is 10.1. The maximum absolute atomic E-state index is 12.3. The average Bonchev–Trinajstić information content (AvgIpc) is 3.01. The van der Waals surface area contributed by atoms with Gasteiger partial charge in [0.1, 0.15) is 0 Å². The number of nitrogens with one attached hydrogen (secondary N) is 2. The van der Waals surface area contributed by atoms with Gasteiger partial charge in [-0.3, -0.25) is 15.2 Å². The number of amides is 1. The number of anilines is 1. The van der Waals surface area contributed by atoms with E-state index in [2.05, 4.69) is 20.1 Å². The van der Waals surface area contributed by atoms with Gasteiger partial charge in [-0.2, -0.15) is 18.2 Å². The van der Waals surface area contributed by atoms with Gasteiger partial charge in [0.2, 0.25) is 11.8 Å². The van der Waals surface area contributed by atoms with Gasteiger partial charge in [-0.25, -0.2) is 4.79 Å². The van der Waals surface area contributed by atoms with E-state index in [4.69, 9.17) is 0 Å². The lowest BCUT2D eigenvalue weighted by Crippen LogP contribution is -2.10. The van der Waals surface area contributed by atoms with Crippen molar-refractivity contribution < 1.29 is 27.5 Å². The third kappa shape index (κ3) is 4.41. The standard InChI is InChI=1S/C14H11F3N4O3/c1-24-11(23)9-5-2-8(3-6-9)4-7-10(22)18-13-19-12(20-21-13)14(15,16)17/h2-7H,1H3,(H2,18,19,20,21,22). The van der Waals surface area contributed by atoms with Crippen LogP contribution in [0.2, 0.25) is 0 Å². The molecule has 2 aromatic rings. The van der Waals surface area contributed by atoms with E-state index in [-0.39, 0.29) is 0 Å². The van der Waals surface area contributed by atoms with Crippen LogP contribution in [-0.4, -0.2) is 34.2 Å². The fraction of sp³-hybridized carbons (Fsp3) is 0.143. The minimum atomic E-state index is -4.67. The summed E-state index contributed by atoms with van der Waals surface area (Å²) in [5.41, 5.74) is 0.947. The quantitative estimate of drug-likeness (QED) is 0.657. The molecular weight excluding hydrogens is 329 g/mol. The molecule has 1 aromatic carbocycles. The third-order valence-corrected chi connectivity index (χ3v) is 2.75. The van der Waals surface area contributed by atoms with E-state index < -0.39 is 29.8 Å². The molecule has 0 aliphatic rings. The molecule has 0 unspecified atom stereocenters. The Labute approximate surface area is 133 Å². The summed E-state index contributed by atoms with van der Waals surface area (Å²) in [5.74, 6) is -2.99. The molecule has 2 N–H and O–H groups in total. The Balaban J connectivity index is 1.98. The number of aromatic nitrogens is 3. The molecule has 1 aromatic heterocycles. The number of aromatic amines is 1. The number of carbonyl (C=O) groups is 2. The molecule has 126 valence electrons. The van der Waals surface area contributed by atoms with Crippen LogP contribution in [0.5, 0.6) is 0 Å². The molecule has 10 heteroatoms. The van der Waals surface area contributed by atoms with E-state index in [0.717, 1.165) is 6.08 Å². The highest BCUT2D eigenvalue weighted by atomic mass is 19.4. The number of H-pyrrole nitrogens is 1. The molecule has 0 fully saturated rings. The Morgan fingerprint density at radius 3 is 2.46 bits per heavy atom. The highest BCUT2D eigenvalue weighted by Crippen LogP contribution is 2.26. The maximum atomic E-state index is 12.3. The zero-order valence-electron chi connectivity index (χ0n) is 12.2.